The van der Waals surface area contributed by atoms with Gasteiger partial charge in [0.25, 0.3) is 0 Å². The second-order valence-electron chi connectivity index (χ2n) is 6.35. The van der Waals surface area contributed by atoms with Gasteiger partial charge in [-0.05, 0) is 24.3 Å². The first kappa shape index (κ1) is 15.8. The zero-order chi connectivity index (χ0) is 16.4. The standard InChI is InChI=1S/C17H21N3O3S/c21-16(18-5-6-20-7-9-22-10-8-20)17(3-4-17)15-12-13(23-19-15)14-2-1-11-24-14/h1-2,11-12H,3-10H2,(H,18,21). The van der Waals surface area contributed by atoms with Crippen LogP contribution >= 0.6 is 11.3 Å². The van der Waals surface area contributed by atoms with Gasteiger partial charge >= 0.3 is 0 Å². The van der Waals surface area contributed by atoms with Gasteiger partial charge in [-0.1, -0.05) is 11.2 Å². The van der Waals surface area contributed by atoms with E-state index in [2.05, 4.69) is 15.4 Å². The second-order valence-corrected chi connectivity index (χ2v) is 7.29. The lowest BCUT2D eigenvalue weighted by Gasteiger charge is -2.26. The molecule has 0 unspecified atom stereocenters. The van der Waals surface area contributed by atoms with Crippen LogP contribution in [0.3, 0.4) is 0 Å². The smallest absolute Gasteiger partial charge is 0.232 e. The number of carbonyl (C=O) groups is 1. The lowest BCUT2D eigenvalue weighted by Crippen LogP contribution is -2.43. The molecule has 2 fully saturated rings. The van der Waals surface area contributed by atoms with Gasteiger partial charge in [0.15, 0.2) is 5.76 Å². The average molecular weight is 347 g/mol. The number of aromatic nitrogens is 1. The third kappa shape index (κ3) is 3.11. The van der Waals surface area contributed by atoms with Gasteiger partial charge in [0, 0.05) is 32.2 Å². The number of thiophene rings is 1. The monoisotopic (exact) mass is 347 g/mol. The van der Waals surface area contributed by atoms with Crippen LogP contribution in [0.2, 0.25) is 0 Å². The van der Waals surface area contributed by atoms with E-state index >= 15 is 0 Å². The van der Waals surface area contributed by atoms with E-state index in [1.54, 1.807) is 11.3 Å². The molecule has 0 radical (unpaired) electrons. The van der Waals surface area contributed by atoms with Crippen LogP contribution in [-0.2, 0) is 14.9 Å². The topological polar surface area (TPSA) is 67.6 Å². The Labute approximate surface area is 144 Å². The van der Waals surface area contributed by atoms with Gasteiger partial charge in [-0.3, -0.25) is 9.69 Å². The second kappa shape index (κ2) is 6.66. The average Bonchev–Trinajstić information content (AvgIpc) is 3.02. The summed E-state index contributed by atoms with van der Waals surface area (Å²) in [6, 6.07) is 5.89. The first-order valence-corrected chi connectivity index (χ1v) is 9.25. The normalized spacial score (nSPS) is 20.0. The summed E-state index contributed by atoms with van der Waals surface area (Å²) in [6.07, 6.45) is 1.68. The van der Waals surface area contributed by atoms with Gasteiger partial charge in [0.05, 0.1) is 29.2 Å². The molecule has 2 aromatic heterocycles. The first-order valence-electron chi connectivity index (χ1n) is 8.37. The van der Waals surface area contributed by atoms with E-state index in [1.165, 1.54) is 0 Å². The minimum atomic E-state index is -0.482. The molecule has 2 aromatic rings. The largest absolute Gasteiger partial charge is 0.379 e. The molecule has 0 spiro atoms. The first-order chi connectivity index (χ1) is 11.8. The molecule has 1 saturated heterocycles. The molecular weight excluding hydrogens is 326 g/mol. The zero-order valence-corrected chi connectivity index (χ0v) is 14.3. The van der Waals surface area contributed by atoms with Crippen molar-refractivity contribution in [2.24, 2.45) is 0 Å². The molecule has 3 heterocycles. The summed E-state index contributed by atoms with van der Waals surface area (Å²) in [6.45, 7) is 4.97. The Bertz CT molecular complexity index is 688. The molecule has 0 aromatic carbocycles. The Morgan fingerprint density at radius 1 is 1.38 bits per heavy atom. The van der Waals surface area contributed by atoms with Gasteiger partial charge < -0.3 is 14.6 Å². The van der Waals surface area contributed by atoms with Gasteiger partial charge in [0.2, 0.25) is 5.91 Å². The molecular formula is C17H21N3O3S. The maximum atomic E-state index is 12.6. The maximum Gasteiger partial charge on any atom is 0.232 e. The van der Waals surface area contributed by atoms with Gasteiger partial charge in [-0.2, -0.15) is 0 Å². The summed E-state index contributed by atoms with van der Waals surface area (Å²) in [5, 5.41) is 9.25. The maximum absolute atomic E-state index is 12.6. The SMILES string of the molecule is O=C(NCCN1CCOCC1)C1(c2cc(-c3cccs3)on2)CC1. The molecule has 1 aliphatic carbocycles. The Morgan fingerprint density at radius 2 is 2.21 bits per heavy atom. The van der Waals surface area contributed by atoms with Crippen LogP contribution in [0.15, 0.2) is 28.1 Å². The van der Waals surface area contributed by atoms with Crippen molar-refractivity contribution in [3.8, 4) is 10.6 Å². The minimum Gasteiger partial charge on any atom is -0.379 e. The summed E-state index contributed by atoms with van der Waals surface area (Å²) in [4.78, 5) is 16.0. The van der Waals surface area contributed by atoms with Crippen molar-refractivity contribution in [1.82, 2.24) is 15.4 Å². The van der Waals surface area contributed by atoms with E-state index < -0.39 is 5.41 Å². The van der Waals surface area contributed by atoms with Crippen molar-refractivity contribution in [2.75, 3.05) is 39.4 Å². The lowest BCUT2D eigenvalue weighted by atomic mass is 10.0. The number of morpholine rings is 1. The number of ether oxygens (including phenoxy) is 1. The highest BCUT2D eigenvalue weighted by Crippen LogP contribution is 2.48. The summed E-state index contributed by atoms with van der Waals surface area (Å²) < 4.78 is 10.8. The highest BCUT2D eigenvalue weighted by molar-refractivity contribution is 7.13. The van der Waals surface area contributed by atoms with Crippen LogP contribution in [0.4, 0.5) is 0 Å². The molecule has 24 heavy (non-hydrogen) atoms. The third-order valence-electron chi connectivity index (χ3n) is 4.77. The van der Waals surface area contributed by atoms with Crippen molar-refractivity contribution in [3.05, 3.63) is 29.3 Å². The van der Waals surface area contributed by atoms with Crippen molar-refractivity contribution in [2.45, 2.75) is 18.3 Å². The molecule has 0 bridgehead atoms. The molecule has 1 amide bonds. The molecule has 6 nitrogen and oxygen atoms in total. The highest BCUT2D eigenvalue weighted by Gasteiger charge is 2.53. The zero-order valence-electron chi connectivity index (χ0n) is 13.5. The van der Waals surface area contributed by atoms with E-state index in [1.807, 2.05) is 23.6 Å². The molecule has 0 atom stereocenters. The molecule has 1 N–H and O–H groups in total. The quantitative estimate of drug-likeness (QED) is 0.864. The number of rotatable bonds is 6. The van der Waals surface area contributed by atoms with Crippen molar-refractivity contribution < 1.29 is 14.1 Å². The molecule has 1 saturated carbocycles. The van der Waals surface area contributed by atoms with Crippen LogP contribution < -0.4 is 5.32 Å². The Hall–Kier alpha value is -1.70. The van der Waals surface area contributed by atoms with Crippen LogP contribution in [0.25, 0.3) is 10.6 Å². The molecule has 1 aliphatic heterocycles. The lowest BCUT2D eigenvalue weighted by molar-refractivity contribution is -0.123. The fraction of sp³-hybridized carbons (Fsp3) is 0.529. The molecule has 7 heteroatoms. The summed E-state index contributed by atoms with van der Waals surface area (Å²) in [5.41, 5.74) is 0.277. The van der Waals surface area contributed by atoms with Crippen molar-refractivity contribution in [1.29, 1.82) is 0 Å². The van der Waals surface area contributed by atoms with E-state index in [9.17, 15) is 4.79 Å². The predicted molar refractivity (Wildman–Crippen MR) is 91.0 cm³/mol. The minimum absolute atomic E-state index is 0.0711. The number of hydrogen-bond donors (Lipinski definition) is 1. The van der Waals surface area contributed by atoms with Gasteiger partial charge in [-0.25, -0.2) is 0 Å². The Balaban J connectivity index is 1.35. The summed E-state index contributed by atoms with van der Waals surface area (Å²) in [7, 11) is 0. The number of nitrogens with zero attached hydrogens (tertiary/aromatic N) is 2. The van der Waals surface area contributed by atoms with E-state index in [0.29, 0.717) is 6.54 Å². The number of nitrogens with one attached hydrogen (secondary N) is 1. The Kier molecular flexibility index (Phi) is 4.39. The predicted octanol–water partition coefficient (Wildman–Crippen LogP) is 1.88. The third-order valence-corrected chi connectivity index (χ3v) is 5.65. The van der Waals surface area contributed by atoms with Crippen molar-refractivity contribution >= 4 is 17.2 Å². The summed E-state index contributed by atoms with van der Waals surface area (Å²) >= 11 is 1.61. The van der Waals surface area contributed by atoms with Crippen molar-refractivity contribution in [3.63, 3.8) is 0 Å². The Morgan fingerprint density at radius 3 is 2.92 bits per heavy atom. The number of amides is 1. The summed E-state index contributed by atoms with van der Waals surface area (Å²) in [5.74, 6) is 0.814. The highest BCUT2D eigenvalue weighted by atomic mass is 32.1. The van der Waals surface area contributed by atoms with E-state index in [0.717, 1.165) is 62.0 Å². The van der Waals surface area contributed by atoms with Gasteiger partial charge in [-0.15, -0.1) is 11.3 Å². The molecule has 2 aliphatic rings. The number of carbonyl (C=O) groups excluding carboxylic acids is 1. The fourth-order valence-electron chi connectivity index (χ4n) is 3.08. The van der Waals surface area contributed by atoms with E-state index in [-0.39, 0.29) is 5.91 Å². The fourth-order valence-corrected chi connectivity index (χ4v) is 3.75. The number of hydrogen-bond acceptors (Lipinski definition) is 6. The van der Waals surface area contributed by atoms with Gasteiger partial charge in [0.1, 0.15) is 0 Å². The van der Waals surface area contributed by atoms with Crippen LogP contribution in [0.5, 0.6) is 0 Å². The van der Waals surface area contributed by atoms with Crippen LogP contribution in [-0.4, -0.2) is 55.4 Å². The van der Waals surface area contributed by atoms with E-state index in [4.69, 9.17) is 9.26 Å². The van der Waals surface area contributed by atoms with Crippen LogP contribution in [0.1, 0.15) is 18.5 Å². The molecule has 128 valence electrons. The van der Waals surface area contributed by atoms with Crippen LogP contribution in [0, 0.1) is 0 Å². The molecule has 4 rings (SSSR count).